The van der Waals surface area contributed by atoms with Gasteiger partial charge in [-0.25, -0.2) is 0 Å². The highest BCUT2D eigenvalue weighted by atomic mass is 14.8. The molecular weight excluding hydrogens is 184 g/mol. The zero-order valence-corrected chi connectivity index (χ0v) is 8.71. The van der Waals surface area contributed by atoms with Gasteiger partial charge in [-0.3, -0.25) is 4.99 Å². The molecule has 2 unspecified atom stereocenters. The van der Waals surface area contributed by atoms with Gasteiger partial charge >= 0.3 is 0 Å². The van der Waals surface area contributed by atoms with Crippen LogP contribution < -0.4 is 5.73 Å². The maximum atomic E-state index is 6.10. The SMILES string of the molecule is C=NC1CC2=C=C1CC1=C=C(C1)C(N)C2. The number of rotatable bonds is 1. The molecule has 15 heavy (non-hydrogen) atoms. The smallest absolute Gasteiger partial charge is 0.0822 e. The van der Waals surface area contributed by atoms with Gasteiger partial charge in [0.25, 0.3) is 0 Å². The van der Waals surface area contributed by atoms with Crippen LogP contribution in [-0.2, 0) is 0 Å². The predicted molar refractivity (Wildman–Crippen MR) is 60.9 cm³/mol. The van der Waals surface area contributed by atoms with E-state index in [1.54, 1.807) is 0 Å². The van der Waals surface area contributed by atoms with Gasteiger partial charge in [-0.2, -0.15) is 0 Å². The maximum Gasteiger partial charge on any atom is 0.0822 e. The van der Waals surface area contributed by atoms with Gasteiger partial charge in [-0.15, -0.1) is 11.5 Å². The molecule has 76 valence electrons. The maximum absolute atomic E-state index is 6.10. The topological polar surface area (TPSA) is 38.4 Å². The van der Waals surface area contributed by atoms with Gasteiger partial charge < -0.3 is 5.73 Å². The summed E-state index contributed by atoms with van der Waals surface area (Å²) in [5, 5.41) is 0. The molecule has 0 heterocycles. The van der Waals surface area contributed by atoms with E-state index in [0.29, 0.717) is 0 Å². The molecule has 0 fully saturated rings. The Hall–Kier alpha value is -1.33. The van der Waals surface area contributed by atoms with E-state index in [-0.39, 0.29) is 12.1 Å². The van der Waals surface area contributed by atoms with E-state index in [2.05, 4.69) is 23.2 Å². The summed E-state index contributed by atoms with van der Waals surface area (Å²) < 4.78 is 0. The van der Waals surface area contributed by atoms with E-state index < -0.39 is 0 Å². The van der Waals surface area contributed by atoms with Crippen molar-refractivity contribution in [2.45, 2.75) is 37.8 Å². The van der Waals surface area contributed by atoms with Crippen molar-refractivity contribution in [1.82, 2.24) is 0 Å². The van der Waals surface area contributed by atoms with Crippen LogP contribution in [0.1, 0.15) is 25.7 Å². The van der Waals surface area contributed by atoms with Gasteiger partial charge in [0.1, 0.15) is 0 Å². The summed E-state index contributed by atoms with van der Waals surface area (Å²) in [6, 6.07) is 0.405. The Morgan fingerprint density at radius 2 is 1.87 bits per heavy atom. The molecule has 2 nitrogen and oxygen atoms in total. The third-order valence-corrected chi connectivity index (χ3v) is 3.46. The first kappa shape index (κ1) is 8.94. The lowest BCUT2D eigenvalue weighted by atomic mass is 9.84. The van der Waals surface area contributed by atoms with Crippen molar-refractivity contribution in [1.29, 1.82) is 0 Å². The number of aliphatic imine (C=N–C) groups is 1. The van der Waals surface area contributed by atoms with E-state index in [1.807, 2.05) is 0 Å². The van der Waals surface area contributed by atoms with Gasteiger partial charge in [0, 0.05) is 30.9 Å². The molecule has 0 radical (unpaired) electrons. The van der Waals surface area contributed by atoms with E-state index in [0.717, 1.165) is 25.7 Å². The minimum atomic E-state index is 0.152. The van der Waals surface area contributed by atoms with E-state index in [9.17, 15) is 0 Å². The van der Waals surface area contributed by atoms with E-state index in [1.165, 1.54) is 22.3 Å². The fourth-order valence-corrected chi connectivity index (χ4v) is 2.58. The molecular formula is C13H14N2. The van der Waals surface area contributed by atoms with Crippen molar-refractivity contribution in [2.75, 3.05) is 0 Å². The van der Waals surface area contributed by atoms with Gasteiger partial charge in [0.2, 0.25) is 0 Å². The zero-order valence-electron chi connectivity index (χ0n) is 8.71. The first-order chi connectivity index (χ1) is 7.26. The lowest BCUT2D eigenvalue weighted by molar-refractivity contribution is 0.658. The molecule has 0 spiro atoms. The van der Waals surface area contributed by atoms with E-state index in [4.69, 9.17) is 5.73 Å². The van der Waals surface area contributed by atoms with Crippen LogP contribution in [0.5, 0.6) is 0 Å². The van der Waals surface area contributed by atoms with Crippen molar-refractivity contribution >= 4 is 6.72 Å². The molecule has 0 aromatic rings. The first-order valence-corrected chi connectivity index (χ1v) is 5.42. The molecule has 0 saturated heterocycles. The first-order valence-electron chi connectivity index (χ1n) is 5.42. The number of fused-ring (bicyclic) bond motifs is 1. The van der Waals surface area contributed by atoms with Crippen LogP contribution in [0.15, 0.2) is 38.7 Å². The highest BCUT2D eigenvalue weighted by Gasteiger charge is 2.28. The van der Waals surface area contributed by atoms with Crippen molar-refractivity contribution in [2.24, 2.45) is 10.7 Å². The lowest BCUT2D eigenvalue weighted by Crippen LogP contribution is -2.26. The van der Waals surface area contributed by atoms with Crippen molar-refractivity contribution in [3.8, 4) is 0 Å². The van der Waals surface area contributed by atoms with Gasteiger partial charge in [-0.05, 0) is 29.9 Å². The molecule has 4 rings (SSSR count). The van der Waals surface area contributed by atoms with Gasteiger partial charge in [0.05, 0.1) is 6.04 Å². The molecule has 0 aliphatic heterocycles. The molecule has 0 aromatic heterocycles. The summed E-state index contributed by atoms with van der Waals surface area (Å²) in [5.74, 6) is 0. The highest BCUT2D eigenvalue weighted by Crippen LogP contribution is 2.37. The minimum Gasteiger partial charge on any atom is -0.323 e. The van der Waals surface area contributed by atoms with Crippen LogP contribution in [0, 0.1) is 0 Å². The van der Waals surface area contributed by atoms with Crippen LogP contribution >= 0.6 is 0 Å². The highest BCUT2D eigenvalue weighted by molar-refractivity contribution is 5.41. The lowest BCUT2D eigenvalue weighted by Gasteiger charge is -2.23. The zero-order chi connectivity index (χ0) is 10.4. The molecule has 0 saturated carbocycles. The number of nitrogens with zero attached hydrogens (tertiary/aromatic N) is 1. The number of hydrogen-bond donors (Lipinski definition) is 1. The Kier molecular flexibility index (Phi) is 1.83. The summed E-state index contributed by atoms with van der Waals surface area (Å²) in [4.78, 5) is 4.16. The monoisotopic (exact) mass is 198 g/mol. The largest absolute Gasteiger partial charge is 0.323 e. The summed E-state index contributed by atoms with van der Waals surface area (Å²) in [6.45, 7) is 3.65. The molecule has 2 heteroatoms. The molecule has 2 N–H and O–H groups in total. The normalized spacial score (nSPS) is 32.3. The summed E-state index contributed by atoms with van der Waals surface area (Å²) in [5.41, 5.74) is 18.2. The van der Waals surface area contributed by atoms with Crippen molar-refractivity contribution < 1.29 is 0 Å². The molecule has 4 aliphatic carbocycles. The average molecular weight is 198 g/mol. The minimum absolute atomic E-state index is 0.152. The van der Waals surface area contributed by atoms with Crippen LogP contribution in [0.25, 0.3) is 0 Å². The van der Waals surface area contributed by atoms with Crippen LogP contribution in [0.2, 0.25) is 0 Å². The Morgan fingerprint density at radius 3 is 2.60 bits per heavy atom. The second kappa shape index (κ2) is 3.08. The molecule has 0 amide bonds. The fourth-order valence-electron chi connectivity index (χ4n) is 2.58. The molecule has 4 bridgehead atoms. The molecule has 0 aromatic carbocycles. The van der Waals surface area contributed by atoms with Crippen LogP contribution in [0.3, 0.4) is 0 Å². The molecule has 4 aliphatic rings. The van der Waals surface area contributed by atoms with Crippen molar-refractivity contribution in [3.05, 3.63) is 33.8 Å². The van der Waals surface area contributed by atoms with Gasteiger partial charge in [-0.1, -0.05) is 0 Å². The third-order valence-electron chi connectivity index (χ3n) is 3.46. The molecule has 2 atom stereocenters. The Labute approximate surface area is 89.6 Å². The summed E-state index contributed by atoms with van der Waals surface area (Å²) in [6.07, 6.45) is 3.92. The predicted octanol–water partition coefficient (Wildman–Crippen LogP) is 1.89. The standard InChI is InChI=1S/C13H14N2/c1-15-13-7-9-5-11(13)4-8-2-10(3-8)12(14)6-9/h12-13H,1-2,4,6-7,14H2. The van der Waals surface area contributed by atoms with Crippen LogP contribution in [0.4, 0.5) is 0 Å². The fraction of sp³-hybridized carbons (Fsp3) is 0.462. The van der Waals surface area contributed by atoms with Crippen LogP contribution in [-0.4, -0.2) is 18.8 Å². The Morgan fingerprint density at radius 1 is 1.13 bits per heavy atom. The number of nitrogens with two attached hydrogens (primary N) is 1. The van der Waals surface area contributed by atoms with Crippen molar-refractivity contribution in [3.63, 3.8) is 0 Å². The average Bonchev–Trinajstić information content (AvgIpc) is 2.56. The van der Waals surface area contributed by atoms with Gasteiger partial charge in [0.15, 0.2) is 0 Å². The Bertz CT molecular complexity index is 469. The summed E-state index contributed by atoms with van der Waals surface area (Å²) >= 11 is 0. The second-order valence-electron chi connectivity index (χ2n) is 4.57. The quantitative estimate of drug-likeness (QED) is 0.507. The number of hydrogen-bond acceptors (Lipinski definition) is 2. The van der Waals surface area contributed by atoms with E-state index >= 15 is 0 Å². The third kappa shape index (κ3) is 1.35. The Balaban J connectivity index is 1.99. The second-order valence-corrected chi connectivity index (χ2v) is 4.57. The summed E-state index contributed by atoms with van der Waals surface area (Å²) in [7, 11) is 0.